The number of anilines is 2. The van der Waals surface area contributed by atoms with E-state index in [2.05, 4.69) is 38.6 Å². The van der Waals surface area contributed by atoms with Crippen LogP contribution in [0.15, 0.2) is 61.1 Å². The van der Waals surface area contributed by atoms with Crippen LogP contribution in [-0.4, -0.2) is 50.7 Å². The first-order chi connectivity index (χ1) is 19.4. The molecule has 206 valence electrons. The predicted molar refractivity (Wildman–Crippen MR) is 159 cm³/mol. The fraction of sp³-hybridized carbons (Fsp3) is 0.323. The second kappa shape index (κ2) is 10.7. The Morgan fingerprint density at radius 1 is 1.05 bits per heavy atom. The molecule has 1 saturated heterocycles. The number of hydrogen-bond acceptors (Lipinski definition) is 6. The Hall–Kier alpha value is -4.37. The van der Waals surface area contributed by atoms with Crippen LogP contribution in [0.5, 0.6) is 11.5 Å². The highest BCUT2D eigenvalue weighted by molar-refractivity contribution is 6.14. The highest BCUT2D eigenvalue weighted by atomic mass is 16.5. The van der Waals surface area contributed by atoms with Crippen molar-refractivity contribution in [2.45, 2.75) is 39.7 Å². The number of aryl methyl sites for hydroxylation is 3. The maximum absolute atomic E-state index is 13.7. The maximum atomic E-state index is 13.7. The molecule has 1 aliphatic heterocycles. The van der Waals surface area contributed by atoms with Gasteiger partial charge in [0, 0.05) is 61.9 Å². The molecule has 9 nitrogen and oxygen atoms in total. The van der Waals surface area contributed by atoms with Gasteiger partial charge in [-0.05, 0) is 57.0 Å². The van der Waals surface area contributed by atoms with Gasteiger partial charge in [-0.3, -0.25) is 9.48 Å². The quantitative estimate of drug-likeness (QED) is 0.287. The van der Waals surface area contributed by atoms with Gasteiger partial charge < -0.3 is 24.7 Å². The minimum atomic E-state index is -0.223. The first kappa shape index (κ1) is 25.9. The summed E-state index contributed by atoms with van der Waals surface area (Å²) >= 11 is 0. The van der Waals surface area contributed by atoms with Crippen molar-refractivity contribution in [3.63, 3.8) is 0 Å². The zero-order valence-electron chi connectivity index (χ0n) is 23.4. The number of aromatic nitrogens is 4. The van der Waals surface area contributed by atoms with Crippen LogP contribution in [0.1, 0.15) is 41.4 Å². The van der Waals surface area contributed by atoms with E-state index in [-0.39, 0.29) is 5.91 Å². The van der Waals surface area contributed by atoms with Gasteiger partial charge in [-0.25, -0.2) is 4.98 Å². The predicted octanol–water partition coefficient (Wildman–Crippen LogP) is 5.46. The number of rotatable bonds is 7. The van der Waals surface area contributed by atoms with Crippen molar-refractivity contribution >= 4 is 33.8 Å². The second-order valence-electron chi connectivity index (χ2n) is 10.5. The van der Waals surface area contributed by atoms with Gasteiger partial charge >= 0.3 is 0 Å². The van der Waals surface area contributed by atoms with Crippen molar-refractivity contribution < 1.29 is 9.53 Å². The van der Waals surface area contributed by atoms with Crippen LogP contribution in [-0.2, 0) is 7.05 Å². The van der Waals surface area contributed by atoms with Crippen molar-refractivity contribution in [2.24, 2.45) is 7.05 Å². The van der Waals surface area contributed by atoms with E-state index in [1.54, 1.807) is 4.68 Å². The molecule has 0 saturated carbocycles. The van der Waals surface area contributed by atoms with Crippen LogP contribution < -0.4 is 20.3 Å². The third-order valence-corrected chi connectivity index (χ3v) is 7.55. The summed E-state index contributed by atoms with van der Waals surface area (Å²) in [5.41, 5.74) is 5.52. The van der Waals surface area contributed by atoms with E-state index in [9.17, 15) is 4.79 Å². The topological polar surface area (TPSA) is 88.7 Å². The molecule has 6 rings (SSSR count). The Labute approximate surface area is 233 Å². The fourth-order valence-corrected chi connectivity index (χ4v) is 5.60. The Morgan fingerprint density at radius 2 is 1.85 bits per heavy atom. The number of pyridine rings is 1. The lowest BCUT2D eigenvalue weighted by Crippen LogP contribution is -2.42. The van der Waals surface area contributed by atoms with Crippen LogP contribution in [0, 0.1) is 13.8 Å². The molecule has 5 aromatic rings. The molecule has 40 heavy (non-hydrogen) atoms. The number of imidazole rings is 1. The monoisotopic (exact) mass is 537 g/mol. The van der Waals surface area contributed by atoms with Crippen LogP contribution in [0.25, 0.3) is 16.6 Å². The number of amides is 1. The molecule has 1 aliphatic rings. The number of benzene rings is 2. The second-order valence-corrected chi connectivity index (χ2v) is 10.5. The summed E-state index contributed by atoms with van der Waals surface area (Å²) in [5, 5.41) is 12.3. The molecule has 0 spiro atoms. The Kier molecular flexibility index (Phi) is 6.89. The number of ether oxygens (including phenoxy) is 1. The third-order valence-electron chi connectivity index (χ3n) is 7.55. The zero-order valence-corrected chi connectivity index (χ0v) is 23.4. The van der Waals surface area contributed by atoms with Crippen LogP contribution >= 0.6 is 0 Å². The molecule has 0 unspecified atom stereocenters. The van der Waals surface area contributed by atoms with E-state index < -0.39 is 0 Å². The number of piperidine rings is 1. The summed E-state index contributed by atoms with van der Waals surface area (Å²) in [6, 6.07) is 14.2. The third kappa shape index (κ3) is 5.00. The van der Waals surface area contributed by atoms with Gasteiger partial charge in [0.2, 0.25) is 0 Å². The highest BCUT2D eigenvalue weighted by Crippen LogP contribution is 2.33. The molecule has 0 radical (unpaired) electrons. The van der Waals surface area contributed by atoms with Gasteiger partial charge in [-0.15, -0.1) is 0 Å². The van der Waals surface area contributed by atoms with Crippen LogP contribution in [0.3, 0.4) is 0 Å². The summed E-state index contributed by atoms with van der Waals surface area (Å²) in [4.78, 5) is 20.7. The summed E-state index contributed by atoms with van der Waals surface area (Å²) in [6.07, 6.45) is 7.98. The molecule has 2 aromatic carbocycles. The Morgan fingerprint density at radius 3 is 2.62 bits per heavy atom. The SMILES string of the molecule is CCNC1CCN(c2ccc(C(=O)Nc3cc(Oc4ccccc4C)c4nc(C)cn4c3)c3nn(C)cc23)CC1. The van der Waals surface area contributed by atoms with E-state index in [1.165, 1.54) is 0 Å². The van der Waals surface area contributed by atoms with Crippen LogP contribution in [0.4, 0.5) is 11.4 Å². The molecular weight excluding hydrogens is 502 g/mol. The molecular formula is C31H35N7O2. The van der Waals surface area contributed by atoms with Gasteiger partial charge in [0.1, 0.15) is 11.3 Å². The normalized spacial score (nSPS) is 14.2. The minimum Gasteiger partial charge on any atom is -0.453 e. The number of carbonyl (C=O) groups is 1. The van der Waals surface area contributed by atoms with Crippen LogP contribution in [0.2, 0.25) is 0 Å². The molecule has 1 amide bonds. The number of carbonyl (C=O) groups excluding carboxylic acids is 1. The standard InChI is InChI=1S/C31H35N7O2/c1-5-32-22-12-14-37(15-13-22)26-11-10-24(29-25(26)19-36(4)35-29)31(39)34-23-16-28(30-33-21(3)17-38(30)18-23)40-27-9-7-6-8-20(27)2/h6-11,16-19,22,32H,5,12-15H2,1-4H3,(H,34,39). The summed E-state index contributed by atoms with van der Waals surface area (Å²) in [7, 11) is 1.90. The number of para-hydroxylation sites is 1. The van der Waals surface area contributed by atoms with Gasteiger partial charge in [0.15, 0.2) is 11.4 Å². The molecule has 2 N–H and O–H groups in total. The molecule has 4 heterocycles. The van der Waals surface area contributed by atoms with Gasteiger partial charge in [0.05, 0.1) is 16.9 Å². The number of nitrogens with one attached hydrogen (secondary N) is 2. The molecule has 1 fully saturated rings. The van der Waals surface area contributed by atoms with E-state index in [0.717, 1.165) is 60.6 Å². The van der Waals surface area contributed by atoms with Gasteiger partial charge in [0.25, 0.3) is 5.91 Å². The smallest absolute Gasteiger partial charge is 0.257 e. The number of fused-ring (bicyclic) bond motifs is 2. The Balaban J connectivity index is 1.30. The first-order valence-corrected chi connectivity index (χ1v) is 13.9. The number of hydrogen-bond donors (Lipinski definition) is 2. The lowest BCUT2D eigenvalue weighted by Gasteiger charge is -2.34. The number of nitrogens with zero attached hydrogens (tertiary/aromatic N) is 5. The molecule has 9 heteroatoms. The van der Waals surface area contributed by atoms with Gasteiger partial charge in [-0.1, -0.05) is 25.1 Å². The fourth-order valence-electron chi connectivity index (χ4n) is 5.60. The minimum absolute atomic E-state index is 0.223. The summed E-state index contributed by atoms with van der Waals surface area (Å²) in [5.74, 6) is 1.09. The van der Waals surface area contributed by atoms with E-state index in [4.69, 9.17) is 4.74 Å². The maximum Gasteiger partial charge on any atom is 0.257 e. The lowest BCUT2D eigenvalue weighted by molar-refractivity contribution is 0.102. The molecule has 0 bridgehead atoms. The first-order valence-electron chi connectivity index (χ1n) is 13.9. The van der Waals surface area contributed by atoms with E-state index in [1.807, 2.05) is 80.3 Å². The lowest BCUT2D eigenvalue weighted by atomic mass is 10.0. The summed E-state index contributed by atoms with van der Waals surface area (Å²) < 4.78 is 9.95. The Bertz CT molecular complexity index is 1700. The van der Waals surface area contributed by atoms with Crippen molar-refractivity contribution in [3.05, 3.63) is 77.9 Å². The highest BCUT2D eigenvalue weighted by Gasteiger charge is 2.23. The van der Waals surface area contributed by atoms with Crippen molar-refractivity contribution in [3.8, 4) is 11.5 Å². The molecule has 0 aliphatic carbocycles. The van der Waals surface area contributed by atoms with Gasteiger partial charge in [-0.2, -0.15) is 5.10 Å². The zero-order chi connectivity index (χ0) is 27.8. The molecule has 0 atom stereocenters. The summed E-state index contributed by atoms with van der Waals surface area (Å²) in [6.45, 7) is 9.03. The average Bonchev–Trinajstić information content (AvgIpc) is 3.51. The van der Waals surface area contributed by atoms with Crippen molar-refractivity contribution in [2.75, 3.05) is 29.9 Å². The molecule has 3 aromatic heterocycles. The van der Waals surface area contributed by atoms with E-state index in [0.29, 0.717) is 34.2 Å². The average molecular weight is 538 g/mol. The van der Waals surface area contributed by atoms with E-state index >= 15 is 0 Å². The largest absolute Gasteiger partial charge is 0.453 e. The van der Waals surface area contributed by atoms with Crippen molar-refractivity contribution in [1.29, 1.82) is 0 Å². The van der Waals surface area contributed by atoms with Crippen molar-refractivity contribution in [1.82, 2.24) is 24.5 Å².